The first kappa shape index (κ1) is 12.4. The van der Waals surface area contributed by atoms with Crippen LogP contribution >= 0.6 is 0 Å². The summed E-state index contributed by atoms with van der Waals surface area (Å²) in [6.07, 6.45) is 7.36. The Balaban J connectivity index is 2.00. The van der Waals surface area contributed by atoms with Crippen LogP contribution in [0.4, 0.5) is 0 Å². The molecular formula is C14H27NO. The van der Waals surface area contributed by atoms with E-state index < -0.39 is 5.60 Å². The lowest BCUT2D eigenvalue weighted by molar-refractivity contribution is -0.139. The first-order valence-electron chi connectivity index (χ1n) is 6.82. The number of hydrogen-bond acceptors (Lipinski definition) is 2. The summed E-state index contributed by atoms with van der Waals surface area (Å²) >= 11 is 0. The van der Waals surface area contributed by atoms with Crippen molar-refractivity contribution in [2.24, 2.45) is 17.1 Å². The van der Waals surface area contributed by atoms with Gasteiger partial charge < -0.3 is 10.8 Å². The largest absolute Gasteiger partial charge is 0.388 e. The van der Waals surface area contributed by atoms with Gasteiger partial charge in [-0.2, -0.15) is 0 Å². The molecule has 2 heteroatoms. The summed E-state index contributed by atoms with van der Waals surface area (Å²) in [6.45, 7) is 6.75. The van der Waals surface area contributed by atoms with Gasteiger partial charge in [0.2, 0.25) is 0 Å². The summed E-state index contributed by atoms with van der Waals surface area (Å²) < 4.78 is 0. The van der Waals surface area contributed by atoms with E-state index in [1.165, 1.54) is 6.42 Å². The van der Waals surface area contributed by atoms with Crippen molar-refractivity contribution in [3.05, 3.63) is 0 Å². The van der Waals surface area contributed by atoms with Crippen LogP contribution in [0.1, 0.15) is 65.7 Å². The van der Waals surface area contributed by atoms with E-state index in [-0.39, 0.29) is 5.54 Å². The average molecular weight is 225 g/mol. The molecule has 0 bridgehead atoms. The van der Waals surface area contributed by atoms with Gasteiger partial charge in [0.05, 0.1) is 5.60 Å². The third-order valence-corrected chi connectivity index (χ3v) is 5.02. The van der Waals surface area contributed by atoms with E-state index in [2.05, 4.69) is 20.8 Å². The minimum atomic E-state index is -0.575. The topological polar surface area (TPSA) is 46.2 Å². The van der Waals surface area contributed by atoms with Gasteiger partial charge in [-0.05, 0) is 49.9 Å². The van der Waals surface area contributed by atoms with Crippen molar-refractivity contribution in [1.82, 2.24) is 0 Å². The summed E-state index contributed by atoms with van der Waals surface area (Å²) in [5.74, 6) is 0.817. The predicted molar refractivity (Wildman–Crippen MR) is 67.1 cm³/mol. The molecule has 2 nitrogen and oxygen atoms in total. The smallest absolute Gasteiger partial charge is 0.0826 e. The standard InChI is InChI=1S/C14H27NO/c1-4-11-5-7-14(16,8-6-11)13(15)9-12(2,3)10-13/h11,16H,4-10,15H2,1-3H3. The molecule has 0 unspecified atom stereocenters. The van der Waals surface area contributed by atoms with Gasteiger partial charge in [0.25, 0.3) is 0 Å². The van der Waals surface area contributed by atoms with Gasteiger partial charge in [-0.25, -0.2) is 0 Å². The first-order chi connectivity index (χ1) is 7.30. The minimum absolute atomic E-state index is 0.296. The average Bonchev–Trinajstić information content (AvgIpc) is 2.16. The molecule has 0 heterocycles. The Morgan fingerprint density at radius 3 is 2.06 bits per heavy atom. The summed E-state index contributed by atoms with van der Waals surface area (Å²) in [7, 11) is 0. The molecule has 16 heavy (non-hydrogen) atoms. The lowest BCUT2D eigenvalue weighted by atomic mass is 9.51. The van der Waals surface area contributed by atoms with Crippen molar-refractivity contribution in [2.75, 3.05) is 0 Å². The van der Waals surface area contributed by atoms with Crippen molar-refractivity contribution in [2.45, 2.75) is 76.9 Å². The highest BCUT2D eigenvalue weighted by Gasteiger charge is 2.58. The molecule has 2 rings (SSSR count). The van der Waals surface area contributed by atoms with Crippen molar-refractivity contribution < 1.29 is 5.11 Å². The van der Waals surface area contributed by atoms with Crippen LogP contribution in [-0.4, -0.2) is 16.2 Å². The SMILES string of the molecule is CCC1CCC(O)(C2(N)CC(C)(C)C2)CC1. The summed E-state index contributed by atoms with van der Waals surface area (Å²) in [5.41, 5.74) is 5.89. The van der Waals surface area contributed by atoms with Crippen LogP contribution in [0.2, 0.25) is 0 Å². The molecule has 0 radical (unpaired) electrons. The maximum Gasteiger partial charge on any atom is 0.0826 e. The second-order valence-corrected chi connectivity index (χ2v) is 7.06. The Kier molecular flexibility index (Phi) is 2.87. The van der Waals surface area contributed by atoms with Crippen molar-refractivity contribution >= 4 is 0 Å². The van der Waals surface area contributed by atoms with Crippen LogP contribution in [0, 0.1) is 11.3 Å². The molecule has 2 fully saturated rings. The highest BCUT2D eigenvalue weighted by Crippen LogP contribution is 2.55. The van der Waals surface area contributed by atoms with Crippen LogP contribution in [0.25, 0.3) is 0 Å². The van der Waals surface area contributed by atoms with E-state index in [9.17, 15) is 5.11 Å². The first-order valence-corrected chi connectivity index (χ1v) is 6.82. The number of aliphatic hydroxyl groups is 1. The predicted octanol–water partition coefficient (Wildman–Crippen LogP) is 2.84. The van der Waals surface area contributed by atoms with Crippen LogP contribution in [0.5, 0.6) is 0 Å². The molecule has 2 aliphatic carbocycles. The van der Waals surface area contributed by atoms with E-state index in [1.54, 1.807) is 0 Å². The minimum Gasteiger partial charge on any atom is -0.388 e. The van der Waals surface area contributed by atoms with Crippen LogP contribution in [0.3, 0.4) is 0 Å². The lowest BCUT2D eigenvalue weighted by Crippen LogP contribution is -2.70. The summed E-state index contributed by atoms with van der Waals surface area (Å²) in [4.78, 5) is 0. The fourth-order valence-electron chi connectivity index (χ4n) is 4.05. The Morgan fingerprint density at radius 2 is 1.69 bits per heavy atom. The van der Waals surface area contributed by atoms with Gasteiger partial charge in [0.1, 0.15) is 0 Å². The Hall–Kier alpha value is -0.0800. The molecule has 0 aliphatic heterocycles. The molecule has 3 N–H and O–H groups in total. The van der Waals surface area contributed by atoms with E-state index in [1.807, 2.05) is 0 Å². The van der Waals surface area contributed by atoms with Crippen molar-refractivity contribution in [3.8, 4) is 0 Å². The van der Waals surface area contributed by atoms with Gasteiger partial charge >= 0.3 is 0 Å². The molecule has 2 aliphatic rings. The van der Waals surface area contributed by atoms with Crippen LogP contribution in [-0.2, 0) is 0 Å². The zero-order valence-corrected chi connectivity index (χ0v) is 11.1. The van der Waals surface area contributed by atoms with Crippen LogP contribution < -0.4 is 5.73 Å². The quantitative estimate of drug-likeness (QED) is 0.759. The van der Waals surface area contributed by atoms with Gasteiger partial charge in [-0.1, -0.05) is 27.2 Å². The van der Waals surface area contributed by atoms with Gasteiger partial charge in [0, 0.05) is 5.54 Å². The molecule has 0 amide bonds. The zero-order chi connectivity index (χ0) is 12.0. The molecule has 0 saturated heterocycles. The highest BCUT2D eigenvalue weighted by molar-refractivity contribution is 5.15. The Morgan fingerprint density at radius 1 is 1.19 bits per heavy atom. The fourth-order valence-corrected chi connectivity index (χ4v) is 4.05. The molecule has 94 valence electrons. The Bertz CT molecular complexity index is 256. The maximum atomic E-state index is 10.8. The lowest BCUT2D eigenvalue weighted by Gasteiger charge is -2.60. The summed E-state index contributed by atoms with van der Waals surface area (Å²) in [5, 5.41) is 10.8. The van der Waals surface area contributed by atoms with E-state index in [0.29, 0.717) is 5.41 Å². The summed E-state index contributed by atoms with van der Waals surface area (Å²) in [6, 6.07) is 0. The van der Waals surface area contributed by atoms with Gasteiger partial charge in [-0.3, -0.25) is 0 Å². The molecule has 2 saturated carbocycles. The molecule has 0 atom stereocenters. The van der Waals surface area contributed by atoms with Gasteiger partial charge in [0.15, 0.2) is 0 Å². The monoisotopic (exact) mass is 225 g/mol. The molecular weight excluding hydrogens is 198 g/mol. The molecule has 0 aromatic rings. The van der Waals surface area contributed by atoms with Crippen LogP contribution in [0.15, 0.2) is 0 Å². The number of rotatable bonds is 2. The third kappa shape index (κ3) is 1.91. The van der Waals surface area contributed by atoms with Crippen molar-refractivity contribution in [1.29, 1.82) is 0 Å². The van der Waals surface area contributed by atoms with Gasteiger partial charge in [-0.15, -0.1) is 0 Å². The number of hydrogen-bond donors (Lipinski definition) is 2. The molecule has 0 spiro atoms. The zero-order valence-electron chi connectivity index (χ0n) is 11.1. The second kappa shape index (κ2) is 3.71. The van der Waals surface area contributed by atoms with E-state index in [4.69, 9.17) is 5.73 Å². The number of nitrogens with two attached hydrogens (primary N) is 1. The molecule has 0 aromatic heterocycles. The second-order valence-electron chi connectivity index (χ2n) is 7.06. The van der Waals surface area contributed by atoms with E-state index in [0.717, 1.165) is 44.4 Å². The van der Waals surface area contributed by atoms with Crippen molar-refractivity contribution in [3.63, 3.8) is 0 Å². The third-order valence-electron chi connectivity index (χ3n) is 5.02. The highest BCUT2D eigenvalue weighted by atomic mass is 16.3. The fraction of sp³-hybridized carbons (Fsp3) is 1.00. The Labute approximate surface area is 99.6 Å². The van der Waals surface area contributed by atoms with E-state index >= 15 is 0 Å². The normalized spacial score (nSPS) is 41.4. The molecule has 0 aromatic carbocycles. The maximum absolute atomic E-state index is 10.8.